The highest BCUT2D eigenvalue weighted by Gasteiger charge is 2.24. The van der Waals surface area contributed by atoms with Gasteiger partial charge in [0.1, 0.15) is 12.2 Å². The second-order valence-electron chi connectivity index (χ2n) is 3.59. The molecule has 90 valence electrons. The van der Waals surface area contributed by atoms with Gasteiger partial charge in [0.15, 0.2) is 0 Å². The van der Waals surface area contributed by atoms with Crippen LogP contribution in [0, 0.1) is 0 Å². The molecule has 2 heterocycles. The third kappa shape index (κ3) is 1.86. The second-order valence-corrected chi connectivity index (χ2v) is 3.59. The average Bonchev–Trinajstić information content (AvgIpc) is 2.67. The van der Waals surface area contributed by atoms with Crippen LogP contribution in [0.25, 0.3) is 0 Å². The summed E-state index contributed by atoms with van der Waals surface area (Å²) in [6.07, 6.45) is 0.542. The second kappa shape index (κ2) is 4.28. The topological polar surface area (TPSA) is 92.2 Å². The van der Waals surface area contributed by atoms with E-state index < -0.39 is 0 Å². The Morgan fingerprint density at radius 2 is 2.35 bits per heavy atom. The van der Waals surface area contributed by atoms with E-state index in [0.717, 1.165) is 5.69 Å². The standard InChI is InChI=1S/C10H12N4O3/c1-11-10(17)7-2-6(13-5-15)8-3-12-9(16)4-14(7)8/h2,5H,3-4H2,1H3,(H,11,17)(H,12,16)(H,13,15). The maximum absolute atomic E-state index is 11.6. The van der Waals surface area contributed by atoms with Gasteiger partial charge >= 0.3 is 0 Å². The smallest absolute Gasteiger partial charge is 0.267 e. The third-order valence-corrected chi connectivity index (χ3v) is 2.64. The first kappa shape index (κ1) is 11.2. The van der Waals surface area contributed by atoms with Crippen LogP contribution in [0.5, 0.6) is 0 Å². The van der Waals surface area contributed by atoms with E-state index in [0.29, 0.717) is 24.3 Å². The van der Waals surface area contributed by atoms with Crippen molar-refractivity contribution >= 4 is 23.9 Å². The highest BCUT2D eigenvalue weighted by Crippen LogP contribution is 2.23. The Bertz CT molecular complexity index is 492. The lowest BCUT2D eigenvalue weighted by Crippen LogP contribution is -2.36. The molecule has 0 spiro atoms. The van der Waals surface area contributed by atoms with E-state index in [2.05, 4.69) is 16.0 Å². The Kier molecular flexibility index (Phi) is 2.82. The maximum Gasteiger partial charge on any atom is 0.267 e. The van der Waals surface area contributed by atoms with Crippen molar-refractivity contribution in [1.82, 2.24) is 15.2 Å². The van der Waals surface area contributed by atoms with Crippen molar-refractivity contribution in [3.63, 3.8) is 0 Å². The fourth-order valence-corrected chi connectivity index (χ4v) is 1.85. The number of aromatic nitrogens is 1. The van der Waals surface area contributed by atoms with Gasteiger partial charge in [-0.15, -0.1) is 0 Å². The Morgan fingerprint density at radius 1 is 1.59 bits per heavy atom. The Labute approximate surface area is 97.2 Å². The third-order valence-electron chi connectivity index (χ3n) is 2.64. The van der Waals surface area contributed by atoms with E-state index in [1.54, 1.807) is 10.6 Å². The van der Waals surface area contributed by atoms with Gasteiger partial charge < -0.3 is 20.5 Å². The molecule has 17 heavy (non-hydrogen) atoms. The molecule has 2 rings (SSSR count). The van der Waals surface area contributed by atoms with Crippen molar-refractivity contribution < 1.29 is 14.4 Å². The van der Waals surface area contributed by atoms with Crippen molar-refractivity contribution in [2.75, 3.05) is 12.4 Å². The predicted octanol–water partition coefficient (Wildman–Crippen LogP) is -0.954. The number of amides is 3. The Balaban J connectivity index is 2.49. The zero-order chi connectivity index (χ0) is 12.4. The highest BCUT2D eigenvalue weighted by molar-refractivity contribution is 5.96. The van der Waals surface area contributed by atoms with Crippen LogP contribution >= 0.6 is 0 Å². The predicted molar refractivity (Wildman–Crippen MR) is 59.4 cm³/mol. The minimum atomic E-state index is -0.292. The van der Waals surface area contributed by atoms with Crippen LogP contribution < -0.4 is 16.0 Å². The number of hydrogen-bond acceptors (Lipinski definition) is 3. The lowest BCUT2D eigenvalue weighted by atomic mass is 10.3. The average molecular weight is 236 g/mol. The lowest BCUT2D eigenvalue weighted by molar-refractivity contribution is -0.122. The fraction of sp³-hybridized carbons (Fsp3) is 0.300. The first-order valence-electron chi connectivity index (χ1n) is 5.08. The van der Waals surface area contributed by atoms with Gasteiger partial charge in [0.25, 0.3) is 5.91 Å². The molecule has 7 nitrogen and oxygen atoms in total. The molecule has 1 aliphatic heterocycles. The maximum atomic E-state index is 11.6. The number of rotatable bonds is 3. The normalized spacial score (nSPS) is 13.6. The van der Waals surface area contributed by atoms with Crippen LogP contribution in [0.15, 0.2) is 6.07 Å². The van der Waals surface area contributed by atoms with Crippen LogP contribution in [0.1, 0.15) is 16.2 Å². The summed E-state index contributed by atoms with van der Waals surface area (Å²) in [6.45, 7) is 0.380. The molecule has 0 fully saturated rings. The molecule has 0 bridgehead atoms. The summed E-state index contributed by atoms with van der Waals surface area (Å²) in [5.74, 6) is -0.448. The number of anilines is 1. The minimum Gasteiger partial charge on any atom is -0.354 e. The molecule has 0 aliphatic carbocycles. The summed E-state index contributed by atoms with van der Waals surface area (Å²) < 4.78 is 1.60. The van der Waals surface area contributed by atoms with Crippen LogP contribution in [-0.2, 0) is 22.7 Å². The number of nitrogens with zero attached hydrogens (tertiary/aromatic N) is 1. The summed E-state index contributed by atoms with van der Waals surface area (Å²) in [5, 5.41) is 7.67. The molecule has 0 saturated heterocycles. The molecule has 1 aromatic rings. The van der Waals surface area contributed by atoms with Gasteiger partial charge in [-0.25, -0.2) is 0 Å². The van der Waals surface area contributed by atoms with Crippen LogP contribution in [0.4, 0.5) is 5.69 Å². The molecule has 7 heteroatoms. The number of fused-ring (bicyclic) bond motifs is 1. The van der Waals surface area contributed by atoms with Gasteiger partial charge in [-0.1, -0.05) is 0 Å². The number of hydrogen-bond donors (Lipinski definition) is 3. The molecule has 0 saturated carbocycles. The molecule has 0 unspecified atom stereocenters. The van der Waals surface area contributed by atoms with E-state index in [4.69, 9.17) is 0 Å². The summed E-state index contributed by atoms with van der Waals surface area (Å²) in [7, 11) is 1.51. The van der Waals surface area contributed by atoms with Crippen LogP contribution in [-0.4, -0.2) is 29.8 Å². The summed E-state index contributed by atoms with van der Waals surface area (Å²) in [6, 6.07) is 1.56. The van der Waals surface area contributed by atoms with Crippen molar-refractivity contribution in [2.45, 2.75) is 13.1 Å². The molecular weight excluding hydrogens is 224 g/mol. The van der Waals surface area contributed by atoms with Crippen molar-refractivity contribution in [1.29, 1.82) is 0 Å². The Morgan fingerprint density at radius 3 is 3.00 bits per heavy atom. The van der Waals surface area contributed by atoms with Crippen molar-refractivity contribution in [3.8, 4) is 0 Å². The zero-order valence-electron chi connectivity index (χ0n) is 9.24. The van der Waals surface area contributed by atoms with E-state index in [1.807, 2.05) is 0 Å². The Hall–Kier alpha value is -2.31. The van der Waals surface area contributed by atoms with Gasteiger partial charge in [-0.3, -0.25) is 14.4 Å². The molecule has 0 atom stereocenters. The van der Waals surface area contributed by atoms with E-state index in [1.165, 1.54) is 7.05 Å². The van der Waals surface area contributed by atoms with E-state index >= 15 is 0 Å². The number of carbonyl (C=O) groups excluding carboxylic acids is 3. The molecule has 0 aromatic carbocycles. The molecule has 1 aromatic heterocycles. The first-order chi connectivity index (χ1) is 8.17. The van der Waals surface area contributed by atoms with Gasteiger partial charge in [0, 0.05) is 7.05 Å². The number of nitrogens with one attached hydrogen (secondary N) is 3. The minimum absolute atomic E-state index is 0.0820. The quantitative estimate of drug-likeness (QED) is 0.590. The summed E-state index contributed by atoms with van der Waals surface area (Å²) >= 11 is 0. The fourth-order valence-electron chi connectivity index (χ4n) is 1.85. The lowest BCUT2D eigenvalue weighted by Gasteiger charge is -2.18. The van der Waals surface area contributed by atoms with E-state index in [-0.39, 0.29) is 18.4 Å². The molecule has 0 radical (unpaired) electrons. The first-order valence-corrected chi connectivity index (χ1v) is 5.08. The van der Waals surface area contributed by atoms with Crippen LogP contribution in [0.3, 0.4) is 0 Å². The van der Waals surface area contributed by atoms with Crippen LogP contribution in [0.2, 0.25) is 0 Å². The molecular formula is C10H12N4O3. The van der Waals surface area contributed by atoms with E-state index in [9.17, 15) is 14.4 Å². The van der Waals surface area contributed by atoms with Gasteiger partial charge in [-0.2, -0.15) is 0 Å². The number of carbonyl (C=O) groups is 3. The molecule has 3 N–H and O–H groups in total. The summed E-state index contributed by atoms with van der Waals surface area (Å²) in [5.41, 5.74) is 1.62. The van der Waals surface area contributed by atoms with Crippen molar-refractivity contribution in [2.24, 2.45) is 0 Å². The monoisotopic (exact) mass is 236 g/mol. The van der Waals surface area contributed by atoms with Gasteiger partial charge in [0.2, 0.25) is 12.3 Å². The summed E-state index contributed by atoms with van der Waals surface area (Å²) in [4.78, 5) is 33.4. The van der Waals surface area contributed by atoms with Gasteiger partial charge in [0.05, 0.1) is 17.9 Å². The van der Waals surface area contributed by atoms with Crippen molar-refractivity contribution in [3.05, 3.63) is 17.5 Å². The molecule has 1 aliphatic rings. The zero-order valence-corrected chi connectivity index (χ0v) is 9.24. The highest BCUT2D eigenvalue weighted by atomic mass is 16.2. The molecule has 3 amide bonds. The SMILES string of the molecule is CNC(=O)c1cc(NC=O)c2n1CC(=O)NC2. The van der Waals surface area contributed by atoms with Gasteiger partial charge in [-0.05, 0) is 6.07 Å². The largest absolute Gasteiger partial charge is 0.354 e.